The van der Waals surface area contributed by atoms with Crippen molar-refractivity contribution in [3.8, 4) is 11.1 Å². The smallest absolute Gasteiger partial charge is 0.297 e. The molecule has 2 aliphatic heterocycles. The molecule has 0 radical (unpaired) electrons. The zero-order valence-corrected chi connectivity index (χ0v) is 48.4. The van der Waals surface area contributed by atoms with Crippen molar-refractivity contribution >= 4 is 68.4 Å². The van der Waals surface area contributed by atoms with Gasteiger partial charge in [-0.15, -0.1) is 0 Å². The minimum Gasteiger partial charge on any atom is -0.468 e. The van der Waals surface area contributed by atoms with Crippen molar-refractivity contribution in [2.75, 3.05) is 9.80 Å². The lowest BCUT2D eigenvalue weighted by Crippen LogP contribution is -2.61. The fourth-order valence-corrected chi connectivity index (χ4v) is 13.7. The second-order valence-corrected chi connectivity index (χ2v) is 29.0. The molecule has 0 fully saturated rings. The van der Waals surface area contributed by atoms with E-state index in [1.807, 2.05) is 0 Å². The summed E-state index contributed by atoms with van der Waals surface area (Å²) in [5, 5.41) is 1.17. The molecule has 7 aromatic rings. The van der Waals surface area contributed by atoms with Gasteiger partial charge in [0.05, 0.1) is 17.0 Å². The molecule has 0 amide bonds. The van der Waals surface area contributed by atoms with Crippen LogP contribution in [-0.2, 0) is 37.9 Å². The molecule has 0 atom stereocenters. The predicted octanol–water partition coefficient (Wildman–Crippen LogP) is 17.7. The quantitative estimate of drug-likeness (QED) is 0.165. The first kappa shape index (κ1) is 49.7. The summed E-state index contributed by atoms with van der Waals surface area (Å²) in [6, 6.07) is 37.1. The first-order valence-electron chi connectivity index (χ1n) is 27.7. The molecule has 4 aliphatic rings. The average Bonchev–Trinajstić information content (AvgIpc) is 3.66. The Labute approximate surface area is 440 Å². The van der Waals surface area contributed by atoms with Crippen LogP contribution in [-0.4, -0.2) is 6.71 Å². The zero-order chi connectivity index (χ0) is 52.7. The van der Waals surface area contributed by atoms with Gasteiger partial charge in [0.25, 0.3) is 6.71 Å². The number of nitrogens with zero attached hydrogens (tertiary/aromatic N) is 2. The molecule has 2 aliphatic carbocycles. The molecule has 73 heavy (non-hydrogen) atoms. The third-order valence-corrected chi connectivity index (χ3v) is 18.5. The van der Waals surface area contributed by atoms with Crippen molar-refractivity contribution in [3.05, 3.63) is 147 Å². The second-order valence-electron chi connectivity index (χ2n) is 29.0. The van der Waals surface area contributed by atoms with Gasteiger partial charge >= 0.3 is 0 Å². The van der Waals surface area contributed by atoms with E-state index in [1.165, 1.54) is 112 Å². The van der Waals surface area contributed by atoms with Crippen molar-refractivity contribution in [2.24, 2.45) is 0 Å². The minimum absolute atomic E-state index is 0.000439. The fraction of sp³-hybridized carbons (Fsp3) is 0.449. The molecule has 0 N–H and O–H groups in total. The molecule has 0 saturated carbocycles. The van der Waals surface area contributed by atoms with E-state index < -0.39 is 0 Å². The summed E-state index contributed by atoms with van der Waals surface area (Å²) in [5.41, 5.74) is 28.3. The van der Waals surface area contributed by atoms with E-state index in [2.05, 4.69) is 239 Å². The van der Waals surface area contributed by atoms with Crippen LogP contribution in [0.3, 0.4) is 0 Å². The summed E-state index contributed by atoms with van der Waals surface area (Å²) in [5.74, 6) is 0. The van der Waals surface area contributed by atoms with Crippen LogP contribution in [0, 0.1) is 20.8 Å². The SMILES string of the molecule is Cc1cc(C)c(-c2cc3c(cc2N2c4cc5c(cc4B4c6oc7ccc(C(C)(C)C)cc7c6N(c6ccc(C(C)(C)C)cc6)c6cc(C(C)(C)C)cc2c64)C(C)(C)CCC5(C)C)C(C)(C)CCC3(C)C)c(C)c1. The Balaban J connectivity index is 1.35. The van der Waals surface area contributed by atoms with Crippen molar-refractivity contribution < 1.29 is 4.42 Å². The van der Waals surface area contributed by atoms with Crippen molar-refractivity contribution in [1.82, 2.24) is 0 Å². The van der Waals surface area contributed by atoms with Crippen LogP contribution in [0.2, 0.25) is 0 Å². The van der Waals surface area contributed by atoms with Crippen LogP contribution >= 0.6 is 0 Å². The van der Waals surface area contributed by atoms with Gasteiger partial charge in [-0.2, -0.15) is 0 Å². The highest BCUT2D eigenvalue weighted by molar-refractivity contribution is 7.00. The normalized spacial score (nSPS) is 18.3. The highest BCUT2D eigenvalue weighted by Gasteiger charge is 2.50. The number of hydrogen-bond donors (Lipinski definition) is 0. The molecule has 378 valence electrons. The molecule has 11 rings (SSSR count). The first-order valence-corrected chi connectivity index (χ1v) is 27.7. The molecular weight excluding hydrogens is 884 g/mol. The van der Waals surface area contributed by atoms with Gasteiger partial charge in [-0.25, -0.2) is 0 Å². The summed E-state index contributed by atoms with van der Waals surface area (Å²) >= 11 is 0. The van der Waals surface area contributed by atoms with E-state index in [0.717, 1.165) is 42.6 Å². The lowest BCUT2D eigenvalue weighted by molar-refractivity contribution is 0.332. The third-order valence-electron chi connectivity index (χ3n) is 18.5. The standard InChI is InChI=1S/C69H83BN2O/c1-40-31-41(2)59(42(3)32-40)47-36-49-51(68(17,18)29-27-66(49,13)14)38-54(47)72-55-39-52-50(67(15,16)28-30-69(52,19)20)37-53(55)70-60-56(34-45(35-57(60)72)65(10,11)12)71(46-24-21-43(22-25-46)63(4,5)6)61-48-33-44(64(7,8)9)23-26-58(48)73-62(61)70/h21-26,31-39H,27-30H2,1-20H3. The van der Waals surface area contributed by atoms with Gasteiger partial charge in [-0.05, 0) is 206 Å². The highest BCUT2D eigenvalue weighted by atomic mass is 16.3. The van der Waals surface area contributed by atoms with Crippen molar-refractivity contribution in [1.29, 1.82) is 0 Å². The molecule has 3 heterocycles. The Morgan fingerprint density at radius 2 is 0.932 bits per heavy atom. The maximum Gasteiger partial charge on any atom is 0.297 e. The molecule has 6 aromatic carbocycles. The molecule has 4 heteroatoms. The highest BCUT2D eigenvalue weighted by Crippen LogP contribution is 2.56. The lowest BCUT2D eigenvalue weighted by atomic mass is 9.35. The van der Waals surface area contributed by atoms with Gasteiger partial charge in [-0.1, -0.05) is 160 Å². The van der Waals surface area contributed by atoms with Crippen LogP contribution in [0.5, 0.6) is 0 Å². The number of fused-ring (bicyclic) bond motifs is 8. The number of rotatable bonds is 3. The van der Waals surface area contributed by atoms with Crippen LogP contribution < -0.4 is 26.4 Å². The molecule has 0 bridgehead atoms. The molecule has 0 saturated heterocycles. The van der Waals surface area contributed by atoms with Gasteiger partial charge in [0.15, 0.2) is 0 Å². The van der Waals surface area contributed by atoms with Gasteiger partial charge in [0.1, 0.15) is 5.58 Å². The Kier molecular flexibility index (Phi) is 10.8. The van der Waals surface area contributed by atoms with Gasteiger partial charge in [0, 0.05) is 33.7 Å². The van der Waals surface area contributed by atoms with Crippen LogP contribution in [0.1, 0.15) is 199 Å². The molecule has 3 nitrogen and oxygen atoms in total. The number of hydrogen-bond acceptors (Lipinski definition) is 3. The summed E-state index contributed by atoms with van der Waals surface area (Å²) in [7, 11) is 0. The largest absolute Gasteiger partial charge is 0.468 e. The zero-order valence-electron chi connectivity index (χ0n) is 48.4. The van der Waals surface area contributed by atoms with Gasteiger partial charge in [-0.3, -0.25) is 0 Å². The summed E-state index contributed by atoms with van der Waals surface area (Å²) in [4.78, 5) is 5.38. The maximum atomic E-state index is 7.57. The van der Waals surface area contributed by atoms with E-state index in [-0.39, 0.29) is 44.6 Å². The minimum atomic E-state index is -0.163. The molecular formula is C69H83BN2O. The van der Waals surface area contributed by atoms with Crippen LogP contribution in [0.25, 0.3) is 22.1 Å². The van der Waals surface area contributed by atoms with E-state index in [4.69, 9.17) is 4.42 Å². The van der Waals surface area contributed by atoms with Crippen molar-refractivity contribution in [3.63, 3.8) is 0 Å². The lowest BCUT2D eigenvalue weighted by Gasteiger charge is -2.48. The predicted molar refractivity (Wildman–Crippen MR) is 317 cm³/mol. The number of benzene rings is 6. The maximum absolute atomic E-state index is 7.57. The number of aryl methyl sites for hydroxylation is 3. The summed E-state index contributed by atoms with van der Waals surface area (Å²) < 4.78 is 7.57. The summed E-state index contributed by atoms with van der Waals surface area (Å²) in [6.45, 7) is 47.8. The third kappa shape index (κ3) is 7.71. The monoisotopic (exact) mass is 967 g/mol. The Bertz CT molecular complexity index is 3420. The average molecular weight is 967 g/mol. The van der Waals surface area contributed by atoms with Crippen molar-refractivity contribution in [2.45, 2.75) is 202 Å². The fourth-order valence-electron chi connectivity index (χ4n) is 13.7. The number of anilines is 6. The second kappa shape index (κ2) is 15.8. The van der Waals surface area contributed by atoms with E-state index in [1.54, 1.807) is 0 Å². The first-order chi connectivity index (χ1) is 33.8. The van der Waals surface area contributed by atoms with E-state index in [9.17, 15) is 0 Å². The number of furan rings is 1. The van der Waals surface area contributed by atoms with Crippen LogP contribution in [0.15, 0.2) is 95.4 Å². The van der Waals surface area contributed by atoms with Gasteiger partial charge in [0.2, 0.25) is 0 Å². The molecule has 0 spiro atoms. The van der Waals surface area contributed by atoms with E-state index in [0.29, 0.717) is 0 Å². The van der Waals surface area contributed by atoms with Gasteiger partial charge < -0.3 is 14.2 Å². The molecule has 1 aromatic heterocycles. The molecule has 0 unspecified atom stereocenters. The van der Waals surface area contributed by atoms with Crippen LogP contribution in [0.4, 0.5) is 34.1 Å². The van der Waals surface area contributed by atoms with E-state index >= 15 is 0 Å². The topological polar surface area (TPSA) is 19.6 Å². The Hall–Kier alpha value is -5.48. The Morgan fingerprint density at radius 3 is 1.45 bits per heavy atom. The summed E-state index contributed by atoms with van der Waals surface area (Å²) in [6.07, 6.45) is 4.60. The Morgan fingerprint density at radius 1 is 0.466 bits per heavy atom.